The summed E-state index contributed by atoms with van der Waals surface area (Å²) in [6.45, 7) is 8.54. The van der Waals surface area contributed by atoms with E-state index >= 15 is 0 Å². The zero-order chi connectivity index (χ0) is 17.7. The summed E-state index contributed by atoms with van der Waals surface area (Å²) >= 11 is 0. The van der Waals surface area contributed by atoms with Gasteiger partial charge >= 0.3 is 0 Å². The molecule has 0 unspecified atom stereocenters. The molecule has 0 radical (unpaired) electrons. The monoisotopic (exact) mass is 349 g/mol. The third kappa shape index (κ3) is 4.00. The summed E-state index contributed by atoms with van der Waals surface area (Å²) in [5, 5.41) is 0. The Balaban J connectivity index is 2.28. The van der Waals surface area contributed by atoms with Crippen LogP contribution in [0.3, 0.4) is 0 Å². The minimum Gasteiger partial charge on any atom is -0.494 e. The molecule has 0 aromatic heterocycles. The summed E-state index contributed by atoms with van der Waals surface area (Å²) in [7, 11) is -3.67. The number of sulfonamides is 1. The highest BCUT2D eigenvalue weighted by molar-refractivity contribution is 7.92. The Hall–Kier alpha value is -2.21. The van der Waals surface area contributed by atoms with Crippen LogP contribution in [-0.4, -0.2) is 21.6 Å². The molecule has 5 nitrogen and oxygen atoms in total. The molecule has 6 heteroatoms. The maximum Gasteiger partial charge on any atom is 0.262 e. The summed E-state index contributed by atoms with van der Waals surface area (Å²) in [6, 6.07) is 10.1. The summed E-state index contributed by atoms with van der Waals surface area (Å²) in [5.41, 5.74) is 2.00. The zero-order valence-corrected chi connectivity index (χ0v) is 15.2. The standard InChI is InChI=1S/C18H23NO4S/c1-5-22-16-9-7-15(8-10-16)19-24(20,21)18-12-11-17(23-6-2)13(3)14(18)4/h7-12,19H,5-6H2,1-4H3. The molecule has 2 aromatic rings. The molecule has 130 valence electrons. The molecule has 1 N–H and O–H groups in total. The Bertz CT molecular complexity index is 799. The first-order valence-electron chi connectivity index (χ1n) is 7.87. The molecule has 0 spiro atoms. The van der Waals surface area contributed by atoms with E-state index < -0.39 is 10.0 Å². The molecule has 0 aliphatic heterocycles. The lowest BCUT2D eigenvalue weighted by molar-refractivity contribution is 0.337. The topological polar surface area (TPSA) is 64.6 Å². The van der Waals surface area contributed by atoms with Crippen LogP contribution in [0, 0.1) is 13.8 Å². The van der Waals surface area contributed by atoms with Crippen LogP contribution in [0.15, 0.2) is 41.3 Å². The molecule has 2 rings (SSSR count). The fraction of sp³-hybridized carbons (Fsp3) is 0.333. The van der Waals surface area contributed by atoms with Gasteiger partial charge < -0.3 is 9.47 Å². The third-order valence-electron chi connectivity index (χ3n) is 3.69. The van der Waals surface area contributed by atoms with Crippen LogP contribution >= 0.6 is 0 Å². The van der Waals surface area contributed by atoms with Crippen molar-refractivity contribution in [1.29, 1.82) is 0 Å². The van der Waals surface area contributed by atoms with Crippen LogP contribution in [0.25, 0.3) is 0 Å². The smallest absolute Gasteiger partial charge is 0.262 e. The van der Waals surface area contributed by atoms with Crippen molar-refractivity contribution in [2.45, 2.75) is 32.6 Å². The maximum atomic E-state index is 12.7. The van der Waals surface area contributed by atoms with Gasteiger partial charge in [0.15, 0.2) is 0 Å². The van der Waals surface area contributed by atoms with Crippen molar-refractivity contribution in [3.05, 3.63) is 47.5 Å². The Kier molecular flexibility index (Phi) is 5.72. The quantitative estimate of drug-likeness (QED) is 0.823. The lowest BCUT2D eigenvalue weighted by Gasteiger charge is -2.15. The van der Waals surface area contributed by atoms with Crippen LogP contribution in [0.5, 0.6) is 11.5 Å². The zero-order valence-electron chi connectivity index (χ0n) is 14.4. The van der Waals surface area contributed by atoms with Gasteiger partial charge in [-0.05, 0) is 75.2 Å². The van der Waals surface area contributed by atoms with Gasteiger partial charge in [0.1, 0.15) is 11.5 Å². The molecule has 0 atom stereocenters. The third-order valence-corrected chi connectivity index (χ3v) is 5.22. The molecule has 24 heavy (non-hydrogen) atoms. The molecule has 0 bridgehead atoms. The van der Waals surface area contributed by atoms with E-state index in [1.165, 1.54) is 0 Å². The van der Waals surface area contributed by atoms with Crippen LogP contribution in [0.2, 0.25) is 0 Å². The first kappa shape index (κ1) is 18.1. The number of benzene rings is 2. The van der Waals surface area contributed by atoms with E-state index in [1.807, 2.05) is 20.8 Å². The maximum absolute atomic E-state index is 12.7. The van der Waals surface area contributed by atoms with E-state index in [-0.39, 0.29) is 4.90 Å². The van der Waals surface area contributed by atoms with Crippen molar-refractivity contribution >= 4 is 15.7 Å². The van der Waals surface area contributed by atoms with E-state index in [9.17, 15) is 8.42 Å². The number of nitrogens with one attached hydrogen (secondary N) is 1. The highest BCUT2D eigenvalue weighted by atomic mass is 32.2. The van der Waals surface area contributed by atoms with Crippen molar-refractivity contribution in [2.75, 3.05) is 17.9 Å². The summed E-state index contributed by atoms with van der Waals surface area (Å²) < 4.78 is 38.8. The van der Waals surface area contributed by atoms with Crippen molar-refractivity contribution < 1.29 is 17.9 Å². The Morgan fingerprint density at radius 2 is 1.50 bits per heavy atom. The summed E-state index contributed by atoms with van der Waals surface area (Å²) in [6.07, 6.45) is 0. The van der Waals surface area contributed by atoms with Crippen molar-refractivity contribution in [2.24, 2.45) is 0 Å². The average Bonchev–Trinajstić information content (AvgIpc) is 2.54. The molecular formula is C18H23NO4S. The highest BCUT2D eigenvalue weighted by Gasteiger charge is 2.19. The van der Waals surface area contributed by atoms with Gasteiger partial charge in [-0.3, -0.25) is 4.72 Å². The van der Waals surface area contributed by atoms with Crippen molar-refractivity contribution in [3.8, 4) is 11.5 Å². The lowest BCUT2D eigenvalue weighted by Crippen LogP contribution is -2.15. The first-order valence-corrected chi connectivity index (χ1v) is 9.36. The van der Waals surface area contributed by atoms with Gasteiger partial charge in [-0.2, -0.15) is 0 Å². The molecular weight excluding hydrogens is 326 g/mol. The minimum absolute atomic E-state index is 0.248. The van der Waals surface area contributed by atoms with Crippen LogP contribution < -0.4 is 14.2 Å². The van der Waals surface area contributed by atoms with E-state index in [2.05, 4.69) is 4.72 Å². The van der Waals surface area contributed by atoms with Crippen molar-refractivity contribution in [3.63, 3.8) is 0 Å². The van der Waals surface area contributed by atoms with Gasteiger partial charge in [0.2, 0.25) is 0 Å². The van der Waals surface area contributed by atoms with Crippen LogP contribution in [0.1, 0.15) is 25.0 Å². The largest absolute Gasteiger partial charge is 0.494 e. The SMILES string of the molecule is CCOc1ccc(NS(=O)(=O)c2ccc(OCC)c(C)c2C)cc1. The van der Waals surface area contributed by atoms with E-state index in [4.69, 9.17) is 9.47 Å². The highest BCUT2D eigenvalue weighted by Crippen LogP contribution is 2.28. The molecule has 0 aliphatic rings. The normalized spacial score (nSPS) is 11.2. The van der Waals surface area contributed by atoms with Crippen molar-refractivity contribution in [1.82, 2.24) is 0 Å². The molecule has 0 fully saturated rings. The molecule has 0 heterocycles. The predicted molar refractivity (Wildman–Crippen MR) is 95.5 cm³/mol. The van der Waals surface area contributed by atoms with Gasteiger partial charge in [-0.25, -0.2) is 8.42 Å². The van der Waals surface area contributed by atoms with E-state index in [1.54, 1.807) is 43.3 Å². The number of ether oxygens (including phenoxy) is 2. The van der Waals surface area contributed by atoms with Gasteiger partial charge in [-0.1, -0.05) is 0 Å². The minimum atomic E-state index is -3.67. The Morgan fingerprint density at radius 3 is 2.08 bits per heavy atom. The summed E-state index contributed by atoms with van der Waals surface area (Å²) in [4.78, 5) is 0.248. The predicted octanol–water partition coefficient (Wildman–Crippen LogP) is 3.90. The molecule has 0 saturated heterocycles. The second kappa shape index (κ2) is 7.57. The molecule has 0 aliphatic carbocycles. The number of hydrogen-bond acceptors (Lipinski definition) is 4. The van der Waals surface area contributed by atoms with Gasteiger partial charge in [0.25, 0.3) is 10.0 Å². The van der Waals surface area contributed by atoms with Gasteiger partial charge in [0.05, 0.1) is 18.1 Å². The molecule has 0 saturated carbocycles. The van der Waals surface area contributed by atoms with Crippen LogP contribution in [0.4, 0.5) is 5.69 Å². The first-order chi connectivity index (χ1) is 11.4. The van der Waals surface area contributed by atoms with Gasteiger partial charge in [0, 0.05) is 5.69 Å². The van der Waals surface area contributed by atoms with Crippen LogP contribution in [-0.2, 0) is 10.0 Å². The Morgan fingerprint density at radius 1 is 0.875 bits per heavy atom. The molecule has 0 amide bonds. The fourth-order valence-electron chi connectivity index (χ4n) is 2.37. The fourth-order valence-corrected chi connectivity index (χ4v) is 3.73. The second-order valence-electron chi connectivity index (χ2n) is 5.31. The Labute approximate surface area is 143 Å². The number of hydrogen-bond donors (Lipinski definition) is 1. The second-order valence-corrected chi connectivity index (χ2v) is 6.96. The van der Waals surface area contributed by atoms with E-state index in [0.29, 0.717) is 36.0 Å². The van der Waals surface area contributed by atoms with Gasteiger partial charge in [-0.15, -0.1) is 0 Å². The van der Waals surface area contributed by atoms with E-state index in [0.717, 1.165) is 5.56 Å². The summed E-state index contributed by atoms with van der Waals surface area (Å²) in [5.74, 6) is 1.41. The lowest BCUT2D eigenvalue weighted by atomic mass is 10.1. The molecule has 2 aromatic carbocycles. The number of rotatable bonds is 7. The average molecular weight is 349 g/mol. The number of anilines is 1.